The molecule has 7 nitrogen and oxygen atoms in total. The van der Waals surface area contributed by atoms with Gasteiger partial charge in [-0.2, -0.15) is 5.26 Å². The SMILES string of the molecule is CN1CC[C@H](C(=O)OCC(=O)Nc2sc3c(c2C#N)CCCC3)CC1=O. The van der Waals surface area contributed by atoms with E-state index in [1.54, 1.807) is 11.9 Å². The molecule has 1 atom stereocenters. The fourth-order valence-electron chi connectivity index (χ4n) is 3.33. The van der Waals surface area contributed by atoms with Gasteiger partial charge in [-0.15, -0.1) is 11.3 Å². The first-order valence-corrected chi connectivity index (χ1v) is 9.56. The summed E-state index contributed by atoms with van der Waals surface area (Å²) < 4.78 is 5.07. The second-order valence-corrected chi connectivity index (χ2v) is 7.79. The lowest BCUT2D eigenvalue weighted by Crippen LogP contribution is -2.39. The molecule has 0 bridgehead atoms. The van der Waals surface area contributed by atoms with Crippen LogP contribution in [0.25, 0.3) is 0 Å². The summed E-state index contributed by atoms with van der Waals surface area (Å²) in [5.41, 5.74) is 1.58. The van der Waals surface area contributed by atoms with Crippen LogP contribution in [0.4, 0.5) is 5.00 Å². The third-order valence-corrected chi connectivity index (χ3v) is 6.08. The highest BCUT2D eigenvalue weighted by Crippen LogP contribution is 2.37. The van der Waals surface area contributed by atoms with Gasteiger partial charge in [0, 0.05) is 24.9 Å². The van der Waals surface area contributed by atoms with Crippen molar-refractivity contribution in [3.05, 3.63) is 16.0 Å². The van der Waals surface area contributed by atoms with E-state index in [1.165, 1.54) is 11.3 Å². The molecule has 1 N–H and O–H groups in total. The number of carbonyl (C=O) groups excluding carboxylic acids is 3. The Balaban J connectivity index is 1.55. The van der Waals surface area contributed by atoms with Crippen molar-refractivity contribution in [1.29, 1.82) is 5.26 Å². The van der Waals surface area contributed by atoms with Crippen LogP contribution in [0.3, 0.4) is 0 Å². The molecule has 0 saturated carbocycles. The van der Waals surface area contributed by atoms with Gasteiger partial charge in [0.15, 0.2) is 6.61 Å². The summed E-state index contributed by atoms with van der Waals surface area (Å²) in [5.74, 6) is -1.57. The van der Waals surface area contributed by atoms with E-state index in [0.29, 0.717) is 23.5 Å². The van der Waals surface area contributed by atoms with Crippen molar-refractivity contribution in [2.75, 3.05) is 25.5 Å². The number of thiophene rings is 1. The van der Waals surface area contributed by atoms with E-state index in [0.717, 1.165) is 36.1 Å². The van der Waals surface area contributed by atoms with Gasteiger partial charge in [-0.1, -0.05) is 0 Å². The van der Waals surface area contributed by atoms with Gasteiger partial charge in [-0.3, -0.25) is 14.4 Å². The number of nitriles is 1. The molecule has 1 aromatic rings. The lowest BCUT2D eigenvalue weighted by molar-refractivity contribution is -0.155. The first kappa shape index (κ1) is 18.4. The van der Waals surface area contributed by atoms with Crippen molar-refractivity contribution in [2.45, 2.75) is 38.5 Å². The number of aryl methyl sites for hydroxylation is 1. The third-order valence-electron chi connectivity index (χ3n) is 4.87. The molecule has 26 heavy (non-hydrogen) atoms. The van der Waals surface area contributed by atoms with Crippen LogP contribution in [0, 0.1) is 17.2 Å². The Bertz CT molecular complexity index is 780. The molecule has 0 unspecified atom stereocenters. The molecule has 1 aromatic heterocycles. The molecule has 3 rings (SSSR count). The van der Waals surface area contributed by atoms with Crippen molar-refractivity contribution < 1.29 is 19.1 Å². The molecule has 1 aliphatic carbocycles. The predicted octanol–water partition coefficient (Wildman–Crippen LogP) is 1.85. The summed E-state index contributed by atoms with van der Waals surface area (Å²) in [6.45, 7) is 0.101. The van der Waals surface area contributed by atoms with Crippen molar-refractivity contribution in [3.8, 4) is 6.07 Å². The number of likely N-dealkylation sites (tertiary alicyclic amines) is 1. The van der Waals surface area contributed by atoms with Crippen LogP contribution in [0.15, 0.2) is 0 Å². The number of ether oxygens (including phenoxy) is 1. The predicted molar refractivity (Wildman–Crippen MR) is 95.6 cm³/mol. The van der Waals surface area contributed by atoms with Gasteiger partial charge in [-0.25, -0.2) is 0 Å². The van der Waals surface area contributed by atoms with E-state index in [2.05, 4.69) is 11.4 Å². The van der Waals surface area contributed by atoms with Gasteiger partial charge in [0.1, 0.15) is 11.1 Å². The fourth-order valence-corrected chi connectivity index (χ4v) is 4.59. The average Bonchev–Trinajstić information content (AvgIpc) is 2.98. The number of hydrogen-bond donors (Lipinski definition) is 1. The second kappa shape index (κ2) is 7.87. The molecule has 1 aliphatic heterocycles. The van der Waals surface area contributed by atoms with Gasteiger partial charge in [0.2, 0.25) is 5.91 Å². The molecule has 0 aromatic carbocycles. The van der Waals surface area contributed by atoms with Crippen LogP contribution in [-0.4, -0.2) is 42.9 Å². The van der Waals surface area contributed by atoms with Crippen LogP contribution in [0.5, 0.6) is 0 Å². The lowest BCUT2D eigenvalue weighted by atomic mass is 9.96. The van der Waals surface area contributed by atoms with E-state index in [1.807, 2.05) is 0 Å². The molecule has 0 spiro atoms. The summed E-state index contributed by atoms with van der Waals surface area (Å²) in [6, 6.07) is 2.18. The number of amides is 2. The van der Waals surface area contributed by atoms with Gasteiger partial charge >= 0.3 is 5.97 Å². The number of fused-ring (bicyclic) bond motifs is 1. The number of nitrogens with zero attached hydrogens (tertiary/aromatic N) is 2. The first-order chi connectivity index (χ1) is 12.5. The molecule has 0 radical (unpaired) electrons. The Morgan fingerprint density at radius 1 is 1.38 bits per heavy atom. The Morgan fingerprint density at radius 2 is 2.15 bits per heavy atom. The second-order valence-electron chi connectivity index (χ2n) is 6.69. The smallest absolute Gasteiger partial charge is 0.310 e. The van der Waals surface area contributed by atoms with Crippen LogP contribution < -0.4 is 5.32 Å². The molecule has 1 fully saturated rings. The topological polar surface area (TPSA) is 99.5 Å². The number of carbonyl (C=O) groups is 3. The zero-order chi connectivity index (χ0) is 18.7. The molecule has 2 aliphatic rings. The Labute approximate surface area is 155 Å². The highest BCUT2D eigenvalue weighted by atomic mass is 32.1. The normalized spacial score (nSPS) is 19.5. The van der Waals surface area contributed by atoms with Crippen LogP contribution in [-0.2, 0) is 32.0 Å². The largest absolute Gasteiger partial charge is 0.455 e. The van der Waals surface area contributed by atoms with E-state index in [-0.39, 0.29) is 12.3 Å². The third kappa shape index (κ3) is 3.88. The minimum absolute atomic E-state index is 0.0921. The number of esters is 1. The summed E-state index contributed by atoms with van der Waals surface area (Å²) in [5, 5.41) is 12.6. The van der Waals surface area contributed by atoms with Gasteiger partial charge in [0.05, 0.1) is 11.5 Å². The van der Waals surface area contributed by atoms with Crippen molar-refractivity contribution in [3.63, 3.8) is 0 Å². The number of piperidine rings is 1. The zero-order valence-corrected chi connectivity index (χ0v) is 15.5. The van der Waals surface area contributed by atoms with Crippen LogP contribution in [0.1, 0.15) is 41.7 Å². The summed E-state index contributed by atoms with van der Waals surface area (Å²) in [6.07, 6.45) is 4.61. The highest BCUT2D eigenvalue weighted by molar-refractivity contribution is 7.16. The summed E-state index contributed by atoms with van der Waals surface area (Å²) in [4.78, 5) is 38.6. The summed E-state index contributed by atoms with van der Waals surface area (Å²) in [7, 11) is 1.70. The quantitative estimate of drug-likeness (QED) is 0.810. The van der Waals surface area contributed by atoms with Crippen molar-refractivity contribution >= 4 is 34.1 Å². The van der Waals surface area contributed by atoms with E-state index < -0.39 is 24.4 Å². The van der Waals surface area contributed by atoms with Crippen LogP contribution in [0.2, 0.25) is 0 Å². The lowest BCUT2D eigenvalue weighted by Gasteiger charge is -2.27. The fraction of sp³-hybridized carbons (Fsp3) is 0.556. The van der Waals surface area contributed by atoms with E-state index in [9.17, 15) is 19.6 Å². The number of anilines is 1. The van der Waals surface area contributed by atoms with Gasteiger partial charge < -0.3 is 15.0 Å². The molecule has 1 saturated heterocycles. The molecular formula is C18H21N3O4S. The maximum atomic E-state index is 12.1. The molecule has 138 valence electrons. The first-order valence-electron chi connectivity index (χ1n) is 8.74. The molecule has 2 heterocycles. The molecule has 8 heteroatoms. The Morgan fingerprint density at radius 3 is 2.88 bits per heavy atom. The number of hydrogen-bond acceptors (Lipinski definition) is 6. The van der Waals surface area contributed by atoms with Gasteiger partial charge in [0.25, 0.3) is 5.91 Å². The Hall–Kier alpha value is -2.40. The maximum Gasteiger partial charge on any atom is 0.310 e. The Kier molecular flexibility index (Phi) is 5.57. The average molecular weight is 375 g/mol. The van der Waals surface area contributed by atoms with E-state index in [4.69, 9.17) is 4.74 Å². The van der Waals surface area contributed by atoms with E-state index >= 15 is 0 Å². The number of nitrogens with one attached hydrogen (secondary N) is 1. The van der Waals surface area contributed by atoms with Crippen LogP contribution >= 0.6 is 11.3 Å². The standard InChI is InChI=1S/C18H21N3O4S/c1-21-7-6-11(8-16(21)23)18(24)25-10-15(22)20-17-13(9-19)12-4-2-3-5-14(12)26-17/h11H,2-8,10H2,1H3,(H,20,22)/t11-/m0/s1. The van der Waals surface area contributed by atoms with Crippen molar-refractivity contribution in [1.82, 2.24) is 4.90 Å². The molecule has 2 amide bonds. The number of rotatable bonds is 4. The summed E-state index contributed by atoms with van der Waals surface area (Å²) >= 11 is 1.43. The highest BCUT2D eigenvalue weighted by Gasteiger charge is 2.30. The monoisotopic (exact) mass is 375 g/mol. The maximum absolute atomic E-state index is 12.1. The minimum atomic E-state index is -0.521. The molecular weight excluding hydrogens is 354 g/mol. The van der Waals surface area contributed by atoms with Gasteiger partial charge in [-0.05, 0) is 37.7 Å². The zero-order valence-electron chi connectivity index (χ0n) is 14.7. The minimum Gasteiger partial charge on any atom is -0.455 e. The van der Waals surface area contributed by atoms with Crippen molar-refractivity contribution in [2.24, 2.45) is 5.92 Å².